The Kier molecular flexibility index (Phi) is 3.47. The van der Waals surface area contributed by atoms with Crippen molar-refractivity contribution in [1.82, 2.24) is 15.3 Å². The fourth-order valence-corrected chi connectivity index (χ4v) is 1.14. The van der Waals surface area contributed by atoms with Crippen LogP contribution in [0.3, 0.4) is 0 Å². The topological polar surface area (TPSA) is 83.8 Å². The van der Waals surface area contributed by atoms with Crippen molar-refractivity contribution in [2.24, 2.45) is 11.7 Å². The minimum atomic E-state index is -0.387. The molecule has 1 amide bonds. The third kappa shape index (κ3) is 2.56. The molecule has 4 N–H and O–H groups in total. The van der Waals surface area contributed by atoms with Crippen LogP contribution in [-0.4, -0.2) is 28.0 Å². The molecule has 0 spiro atoms. The van der Waals surface area contributed by atoms with Gasteiger partial charge in [-0.15, -0.1) is 0 Å². The minimum Gasteiger partial charge on any atom is -0.344 e. The van der Waals surface area contributed by atoms with Crippen LogP contribution in [0.25, 0.3) is 0 Å². The Hall–Kier alpha value is -1.36. The lowest BCUT2D eigenvalue weighted by Gasteiger charge is -2.33. The predicted molar refractivity (Wildman–Crippen MR) is 58.4 cm³/mol. The van der Waals surface area contributed by atoms with Crippen LogP contribution in [0.5, 0.6) is 0 Å². The van der Waals surface area contributed by atoms with Crippen LogP contribution >= 0.6 is 0 Å². The highest BCUT2D eigenvalue weighted by Crippen LogP contribution is 2.15. The van der Waals surface area contributed by atoms with E-state index >= 15 is 0 Å². The van der Waals surface area contributed by atoms with Gasteiger partial charge >= 0.3 is 0 Å². The van der Waals surface area contributed by atoms with Crippen molar-refractivity contribution >= 4 is 5.91 Å². The van der Waals surface area contributed by atoms with E-state index in [0.717, 1.165) is 0 Å². The maximum absolute atomic E-state index is 11.7. The summed E-state index contributed by atoms with van der Waals surface area (Å²) in [5, 5.41) is 2.91. The molecule has 0 aliphatic rings. The zero-order valence-electron chi connectivity index (χ0n) is 9.37. The van der Waals surface area contributed by atoms with Crippen LogP contribution in [0, 0.1) is 5.92 Å². The average molecular weight is 210 g/mol. The van der Waals surface area contributed by atoms with Gasteiger partial charge in [0.1, 0.15) is 5.69 Å². The number of carbonyl (C=O) groups is 1. The summed E-state index contributed by atoms with van der Waals surface area (Å²) in [5.41, 5.74) is 5.74. The van der Waals surface area contributed by atoms with Gasteiger partial charge in [0.2, 0.25) is 0 Å². The molecular formula is C10H18N4O. The number of aromatic amines is 1. The van der Waals surface area contributed by atoms with Crippen LogP contribution in [0.1, 0.15) is 31.3 Å². The lowest BCUT2D eigenvalue weighted by atomic mass is 9.88. The summed E-state index contributed by atoms with van der Waals surface area (Å²) in [6.07, 6.45) is 2.97. The van der Waals surface area contributed by atoms with E-state index in [2.05, 4.69) is 15.3 Å². The van der Waals surface area contributed by atoms with Gasteiger partial charge < -0.3 is 16.0 Å². The molecule has 1 aromatic heterocycles. The normalized spacial score (nSPS) is 15.0. The Bertz CT molecular complexity index is 320. The molecule has 1 heterocycles. The molecule has 0 saturated carbocycles. The number of H-pyrrole nitrogens is 1. The number of nitrogens with one attached hydrogen (secondary N) is 2. The summed E-state index contributed by atoms with van der Waals surface area (Å²) in [7, 11) is 0. The smallest absolute Gasteiger partial charge is 0.269 e. The molecule has 0 fully saturated rings. The third-order valence-electron chi connectivity index (χ3n) is 2.84. The molecule has 1 rings (SSSR count). The van der Waals surface area contributed by atoms with E-state index < -0.39 is 0 Å². The average Bonchev–Trinajstić information content (AvgIpc) is 2.70. The van der Waals surface area contributed by atoms with Crippen LogP contribution in [0.2, 0.25) is 0 Å². The maximum atomic E-state index is 11.7. The highest BCUT2D eigenvalue weighted by atomic mass is 16.2. The van der Waals surface area contributed by atoms with Gasteiger partial charge in [0.05, 0.1) is 18.1 Å². The molecular weight excluding hydrogens is 192 g/mol. The molecule has 0 aromatic carbocycles. The van der Waals surface area contributed by atoms with Crippen molar-refractivity contribution in [2.75, 3.05) is 6.54 Å². The molecule has 0 bridgehead atoms. The van der Waals surface area contributed by atoms with E-state index in [4.69, 9.17) is 5.73 Å². The second-order valence-corrected chi connectivity index (χ2v) is 4.20. The lowest BCUT2D eigenvalue weighted by Crippen LogP contribution is -2.55. The van der Waals surface area contributed by atoms with Crippen molar-refractivity contribution in [3.05, 3.63) is 18.2 Å². The molecule has 1 atom stereocenters. The number of rotatable bonds is 4. The van der Waals surface area contributed by atoms with E-state index in [0.29, 0.717) is 12.2 Å². The quantitative estimate of drug-likeness (QED) is 0.677. The molecule has 5 heteroatoms. The van der Waals surface area contributed by atoms with Crippen LogP contribution in [0.4, 0.5) is 0 Å². The summed E-state index contributed by atoms with van der Waals surface area (Å²) < 4.78 is 0. The van der Waals surface area contributed by atoms with Gasteiger partial charge in [0.25, 0.3) is 5.91 Å². The van der Waals surface area contributed by atoms with E-state index in [1.165, 1.54) is 12.5 Å². The molecule has 5 nitrogen and oxygen atoms in total. The van der Waals surface area contributed by atoms with Gasteiger partial charge in [-0.05, 0) is 12.8 Å². The summed E-state index contributed by atoms with van der Waals surface area (Å²) >= 11 is 0. The van der Waals surface area contributed by atoms with Gasteiger partial charge in [-0.1, -0.05) is 13.8 Å². The second kappa shape index (κ2) is 4.44. The Morgan fingerprint density at radius 2 is 2.40 bits per heavy atom. The Labute approximate surface area is 89.5 Å². The fourth-order valence-electron chi connectivity index (χ4n) is 1.14. The lowest BCUT2D eigenvalue weighted by molar-refractivity contribution is 0.0878. The number of aromatic nitrogens is 2. The molecule has 1 unspecified atom stereocenters. The number of hydrogen-bond acceptors (Lipinski definition) is 3. The summed E-state index contributed by atoms with van der Waals surface area (Å²) in [5.74, 6) is 0.100. The zero-order chi connectivity index (χ0) is 11.5. The number of amides is 1. The Morgan fingerprint density at radius 3 is 2.80 bits per heavy atom. The largest absolute Gasteiger partial charge is 0.344 e. The highest BCUT2D eigenvalue weighted by Gasteiger charge is 2.29. The van der Waals surface area contributed by atoms with Crippen molar-refractivity contribution in [2.45, 2.75) is 26.3 Å². The first-order valence-electron chi connectivity index (χ1n) is 5.00. The van der Waals surface area contributed by atoms with Crippen LogP contribution in [-0.2, 0) is 0 Å². The highest BCUT2D eigenvalue weighted by molar-refractivity contribution is 5.92. The van der Waals surface area contributed by atoms with Gasteiger partial charge in [0, 0.05) is 6.54 Å². The molecule has 0 aliphatic carbocycles. The van der Waals surface area contributed by atoms with Gasteiger partial charge in [-0.3, -0.25) is 4.79 Å². The monoisotopic (exact) mass is 210 g/mol. The Morgan fingerprint density at radius 1 is 1.73 bits per heavy atom. The molecule has 15 heavy (non-hydrogen) atoms. The number of carbonyl (C=O) groups excluding carboxylic acids is 1. The number of imidazole rings is 1. The third-order valence-corrected chi connectivity index (χ3v) is 2.84. The molecule has 0 saturated heterocycles. The van der Waals surface area contributed by atoms with Crippen LogP contribution in [0.15, 0.2) is 12.5 Å². The molecule has 1 aromatic rings. The second-order valence-electron chi connectivity index (χ2n) is 4.20. The standard InChI is InChI=1S/C10H18N4O/c1-7(2)10(3,5-11)14-9(15)8-4-12-6-13-8/h4,6-7H,5,11H2,1-3H3,(H,12,13)(H,14,15). The van der Waals surface area contributed by atoms with Crippen molar-refractivity contribution in [1.29, 1.82) is 0 Å². The molecule has 0 radical (unpaired) electrons. The first-order valence-corrected chi connectivity index (χ1v) is 5.00. The number of nitrogens with two attached hydrogens (primary N) is 1. The van der Waals surface area contributed by atoms with E-state index in [1.807, 2.05) is 20.8 Å². The summed E-state index contributed by atoms with van der Waals surface area (Å²) in [6.45, 7) is 6.40. The van der Waals surface area contributed by atoms with Crippen molar-refractivity contribution in [3.63, 3.8) is 0 Å². The van der Waals surface area contributed by atoms with E-state index in [-0.39, 0.29) is 17.4 Å². The SMILES string of the molecule is CC(C)C(C)(CN)NC(=O)c1cnc[nH]1. The maximum Gasteiger partial charge on any atom is 0.269 e. The molecule has 0 aliphatic heterocycles. The first kappa shape index (κ1) is 11.7. The predicted octanol–water partition coefficient (Wildman–Crippen LogP) is 0.513. The van der Waals surface area contributed by atoms with Gasteiger partial charge in [-0.25, -0.2) is 4.98 Å². The van der Waals surface area contributed by atoms with Gasteiger partial charge in [-0.2, -0.15) is 0 Å². The Balaban J connectivity index is 2.72. The summed E-state index contributed by atoms with van der Waals surface area (Å²) in [4.78, 5) is 18.3. The fraction of sp³-hybridized carbons (Fsp3) is 0.600. The molecule has 84 valence electrons. The van der Waals surface area contributed by atoms with Gasteiger partial charge in [0.15, 0.2) is 0 Å². The summed E-state index contributed by atoms with van der Waals surface area (Å²) in [6, 6.07) is 0. The minimum absolute atomic E-state index is 0.172. The van der Waals surface area contributed by atoms with Crippen molar-refractivity contribution in [3.8, 4) is 0 Å². The first-order chi connectivity index (χ1) is 6.99. The number of hydrogen-bond donors (Lipinski definition) is 3. The number of nitrogens with zero attached hydrogens (tertiary/aromatic N) is 1. The van der Waals surface area contributed by atoms with E-state index in [9.17, 15) is 4.79 Å². The van der Waals surface area contributed by atoms with E-state index in [1.54, 1.807) is 0 Å². The van der Waals surface area contributed by atoms with Crippen molar-refractivity contribution < 1.29 is 4.79 Å². The zero-order valence-corrected chi connectivity index (χ0v) is 9.37. The van der Waals surface area contributed by atoms with Crippen LogP contribution < -0.4 is 11.1 Å².